The van der Waals surface area contributed by atoms with E-state index in [2.05, 4.69) is 18.9 Å². The Bertz CT molecular complexity index is 681. The van der Waals surface area contributed by atoms with Gasteiger partial charge in [0.2, 0.25) is 5.91 Å². The second-order valence-corrected chi connectivity index (χ2v) is 8.62. The molecule has 1 atom stereocenters. The Kier molecular flexibility index (Phi) is 5.39. The number of aromatic nitrogens is 2. The van der Waals surface area contributed by atoms with E-state index in [0.717, 1.165) is 57.6 Å². The first kappa shape index (κ1) is 18.9. The quantitative estimate of drug-likeness (QED) is 0.829. The lowest BCUT2D eigenvalue weighted by Crippen LogP contribution is -2.55. The van der Waals surface area contributed by atoms with Crippen LogP contribution in [0.2, 0.25) is 0 Å². The molecule has 6 nitrogen and oxygen atoms in total. The third kappa shape index (κ3) is 3.94. The van der Waals surface area contributed by atoms with Crippen LogP contribution < -0.4 is 0 Å². The molecule has 1 aromatic heterocycles. The Morgan fingerprint density at radius 3 is 2.73 bits per heavy atom. The number of likely N-dealkylation sites (tertiary alicyclic amines) is 2. The molecule has 0 aliphatic carbocycles. The largest absolute Gasteiger partial charge is 0.342 e. The van der Waals surface area contributed by atoms with Crippen molar-refractivity contribution in [2.24, 2.45) is 18.4 Å². The van der Waals surface area contributed by atoms with Crippen molar-refractivity contribution in [3.8, 4) is 0 Å². The van der Waals surface area contributed by atoms with E-state index in [-0.39, 0.29) is 17.2 Å². The average Bonchev–Trinajstić information content (AvgIpc) is 2.93. The van der Waals surface area contributed by atoms with E-state index in [1.54, 1.807) is 4.68 Å². The van der Waals surface area contributed by atoms with Gasteiger partial charge < -0.3 is 9.80 Å². The summed E-state index contributed by atoms with van der Waals surface area (Å²) in [6, 6.07) is 1.86. The predicted octanol–water partition coefficient (Wildman–Crippen LogP) is 2.62. The number of piperidine rings is 2. The standard InChI is InChI=1S/C20H32N4O2/c1-15(2)7-11-23-13-20(9-6-18(23)25)8-5-10-24(14-20)19(26)17-12-16(3)21-22(17)4/h12,15H,5-11,13-14H2,1-4H3/t20-/m1/s1. The average molecular weight is 361 g/mol. The highest BCUT2D eigenvalue weighted by atomic mass is 16.2. The first-order chi connectivity index (χ1) is 12.3. The van der Waals surface area contributed by atoms with Gasteiger partial charge >= 0.3 is 0 Å². The first-order valence-corrected chi connectivity index (χ1v) is 9.87. The number of nitrogens with zero attached hydrogens (tertiary/aromatic N) is 4. The number of rotatable bonds is 4. The Morgan fingerprint density at radius 1 is 1.31 bits per heavy atom. The lowest BCUT2D eigenvalue weighted by molar-refractivity contribution is -0.139. The molecule has 1 spiro atoms. The van der Waals surface area contributed by atoms with Crippen LogP contribution >= 0.6 is 0 Å². The van der Waals surface area contributed by atoms with Gasteiger partial charge in [0, 0.05) is 45.1 Å². The van der Waals surface area contributed by atoms with Gasteiger partial charge in [-0.25, -0.2) is 0 Å². The second-order valence-electron chi connectivity index (χ2n) is 8.62. The van der Waals surface area contributed by atoms with Crippen LogP contribution in [0.1, 0.15) is 62.1 Å². The van der Waals surface area contributed by atoms with Crippen molar-refractivity contribution in [1.29, 1.82) is 0 Å². The van der Waals surface area contributed by atoms with Gasteiger partial charge in [0.1, 0.15) is 5.69 Å². The molecule has 0 aromatic carbocycles. The summed E-state index contributed by atoms with van der Waals surface area (Å²) in [5.74, 6) is 0.943. The number of aryl methyl sites for hydroxylation is 2. The number of carbonyl (C=O) groups excluding carboxylic acids is 2. The number of carbonyl (C=O) groups is 2. The van der Waals surface area contributed by atoms with Crippen molar-refractivity contribution in [2.75, 3.05) is 26.2 Å². The van der Waals surface area contributed by atoms with Crippen LogP contribution in [0, 0.1) is 18.3 Å². The first-order valence-electron chi connectivity index (χ1n) is 9.87. The molecule has 0 saturated carbocycles. The monoisotopic (exact) mass is 360 g/mol. The zero-order chi connectivity index (χ0) is 18.9. The summed E-state index contributed by atoms with van der Waals surface area (Å²) in [6.07, 6.45) is 4.67. The minimum Gasteiger partial charge on any atom is -0.342 e. The van der Waals surface area contributed by atoms with Gasteiger partial charge in [-0.2, -0.15) is 5.10 Å². The molecule has 3 rings (SSSR count). The molecule has 2 aliphatic heterocycles. The molecule has 144 valence electrons. The van der Waals surface area contributed by atoms with E-state index in [1.165, 1.54) is 0 Å². The summed E-state index contributed by atoms with van der Waals surface area (Å²) >= 11 is 0. The molecule has 1 aromatic rings. The molecule has 3 heterocycles. The fourth-order valence-corrected chi connectivity index (χ4v) is 4.41. The summed E-state index contributed by atoms with van der Waals surface area (Å²) in [5, 5.41) is 4.31. The van der Waals surface area contributed by atoms with Gasteiger partial charge in [-0.3, -0.25) is 14.3 Å². The zero-order valence-corrected chi connectivity index (χ0v) is 16.6. The highest BCUT2D eigenvalue weighted by Crippen LogP contribution is 2.39. The van der Waals surface area contributed by atoms with Gasteiger partial charge in [-0.05, 0) is 44.6 Å². The van der Waals surface area contributed by atoms with Crippen LogP contribution in [0.15, 0.2) is 6.07 Å². The summed E-state index contributed by atoms with van der Waals surface area (Å²) in [7, 11) is 1.83. The van der Waals surface area contributed by atoms with Crippen LogP contribution in [0.3, 0.4) is 0 Å². The van der Waals surface area contributed by atoms with E-state index in [9.17, 15) is 9.59 Å². The lowest BCUT2D eigenvalue weighted by Gasteiger charge is -2.48. The summed E-state index contributed by atoms with van der Waals surface area (Å²) in [6.45, 7) is 9.49. The van der Waals surface area contributed by atoms with E-state index < -0.39 is 0 Å². The molecule has 2 amide bonds. The van der Waals surface area contributed by atoms with Gasteiger partial charge in [0.25, 0.3) is 5.91 Å². The minimum absolute atomic E-state index is 0.0619. The second kappa shape index (κ2) is 7.41. The Labute approximate surface area is 156 Å². The number of hydrogen-bond acceptors (Lipinski definition) is 3. The predicted molar refractivity (Wildman–Crippen MR) is 101 cm³/mol. The molecule has 0 unspecified atom stereocenters. The molecule has 2 saturated heterocycles. The summed E-state index contributed by atoms with van der Waals surface area (Å²) in [5.41, 5.74) is 1.58. The Balaban J connectivity index is 1.71. The SMILES string of the molecule is Cc1cc(C(=O)N2CCC[C@]3(CCC(=O)N(CCC(C)C)C3)C2)n(C)n1. The Hall–Kier alpha value is -1.85. The van der Waals surface area contributed by atoms with Gasteiger partial charge in [-0.1, -0.05) is 13.8 Å². The highest BCUT2D eigenvalue weighted by molar-refractivity contribution is 5.92. The molecule has 0 N–H and O–H groups in total. The minimum atomic E-state index is 0.0619. The van der Waals surface area contributed by atoms with Crippen molar-refractivity contribution < 1.29 is 9.59 Å². The molecular weight excluding hydrogens is 328 g/mol. The number of amides is 2. The molecule has 0 bridgehead atoms. The summed E-state index contributed by atoms with van der Waals surface area (Å²) in [4.78, 5) is 29.4. The lowest BCUT2D eigenvalue weighted by atomic mass is 9.73. The molecular formula is C20H32N4O2. The van der Waals surface area contributed by atoms with E-state index in [4.69, 9.17) is 0 Å². The van der Waals surface area contributed by atoms with Crippen molar-refractivity contribution in [3.63, 3.8) is 0 Å². The molecule has 26 heavy (non-hydrogen) atoms. The molecule has 6 heteroatoms. The molecule has 2 aliphatic rings. The zero-order valence-electron chi connectivity index (χ0n) is 16.6. The van der Waals surface area contributed by atoms with E-state index in [1.807, 2.05) is 29.8 Å². The maximum Gasteiger partial charge on any atom is 0.272 e. The highest BCUT2D eigenvalue weighted by Gasteiger charge is 2.43. The van der Waals surface area contributed by atoms with Crippen molar-refractivity contribution in [2.45, 2.75) is 52.9 Å². The van der Waals surface area contributed by atoms with Crippen LogP contribution in [0.4, 0.5) is 0 Å². The maximum absolute atomic E-state index is 13.0. The van der Waals surface area contributed by atoms with Crippen LogP contribution in [0.5, 0.6) is 0 Å². The number of hydrogen-bond donors (Lipinski definition) is 0. The van der Waals surface area contributed by atoms with Crippen molar-refractivity contribution in [3.05, 3.63) is 17.5 Å². The Morgan fingerprint density at radius 2 is 2.08 bits per heavy atom. The smallest absolute Gasteiger partial charge is 0.272 e. The third-order valence-electron chi connectivity index (χ3n) is 5.89. The normalized spacial score (nSPS) is 24.0. The van der Waals surface area contributed by atoms with Gasteiger partial charge in [0.15, 0.2) is 0 Å². The van der Waals surface area contributed by atoms with E-state index >= 15 is 0 Å². The van der Waals surface area contributed by atoms with Crippen LogP contribution in [0.25, 0.3) is 0 Å². The molecule has 0 radical (unpaired) electrons. The fourth-order valence-electron chi connectivity index (χ4n) is 4.41. The van der Waals surface area contributed by atoms with Gasteiger partial charge in [0.05, 0.1) is 5.69 Å². The van der Waals surface area contributed by atoms with Gasteiger partial charge in [-0.15, -0.1) is 0 Å². The van der Waals surface area contributed by atoms with E-state index in [0.29, 0.717) is 18.0 Å². The fraction of sp³-hybridized carbons (Fsp3) is 0.750. The van der Waals surface area contributed by atoms with Crippen LogP contribution in [-0.2, 0) is 11.8 Å². The molecule has 2 fully saturated rings. The third-order valence-corrected chi connectivity index (χ3v) is 5.89. The van der Waals surface area contributed by atoms with Crippen molar-refractivity contribution in [1.82, 2.24) is 19.6 Å². The van der Waals surface area contributed by atoms with Crippen molar-refractivity contribution >= 4 is 11.8 Å². The maximum atomic E-state index is 13.0. The topological polar surface area (TPSA) is 58.4 Å². The van der Waals surface area contributed by atoms with Crippen LogP contribution in [-0.4, -0.2) is 57.6 Å². The summed E-state index contributed by atoms with van der Waals surface area (Å²) < 4.78 is 1.68.